The van der Waals surface area contributed by atoms with Gasteiger partial charge in [0.15, 0.2) is 0 Å². The van der Waals surface area contributed by atoms with Gasteiger partial charge in [0, 0.05) is 6.54 Å². The molecule has 1 amide bonds. The van der Waals surface area contributed by atoms with Crippen molar-refractivity contribution in [2.45, 2.75) is 26.8 Å². The van der Waals surface area contributed by atoms with E-state index in [1.165, 1.54) is 11.1 Å². The summed E-state index contributed by atoms with van der Waals surface area (Å²) < 4.78 is 0. The van der Waals surface area contributed by atoms with Crippen molar-refractivity contribution in [2.75, 3.05) is 0 Å². The zero-order valence-corrected chi connectivity index (χ0v) is 11.4. The molecule has 98 valence electrons. The molecule has 0 aromatic heterocycles. The number of benzene rings is 2. The van der Waals surface area contributed by atoms with Crippen LogP contribution in [0.3, 0.4) is 0 Å². The third-order valence-corrected chi connectivity index (χ3v) is 3.02. The van der Waals surface area contributed by atoms with E-state index in [-0.39, 0.29) is 5.91 Å². The van der Waals surface area contributed by atoms with Crippen molar-refractivity contribution in [1.82, 2.24) is 5.32 Å². The molecular weight excluding hydrogens is 234 g/mol. The fraction of sp³-hybridized carbons (Fsp3) is 0.235. The molecule has 0 aliphatic rings. The Morgan fingerprint density at radius 1 is 0.947 bits per heavy atom. The van der Waals surface area contributed by atoms with Crippen LogP contribution in [0.1, 0.15) is 22.3 Å². The summed E-state index contributed by atoms with van der Waals surface area (Å²) in [6.07, 6.45) is 0.438. The summed E-state index contributed by atoms with van der Waals surface area (Å²) in [6.45, 7) is 4.68. The van der Waals surface area contributed by atoms with Crippen molar-refractivity contribution in [3.05, 3.63) is 70.8 Å². The maximum atomic E-state index is 11.9. The van der Waals surface area contributed by atoms with E-state index in [1.54, 1.807) is 0 Å². The molecule has 2 nitrogen and oxygen atoms in total. The summed E-state index contributed by atoms with van der Waals surface area (Å²) in [6, 6.07) is 16.2. The molecule has 0 fully saturated rings. The summed E-state index contributed by atoms with van der Waals surface area (Å²) in [4.78, 5) is 11.9. The van der Waals surface area contributed by atoms with Gasteiger partial charge in [0.2, 0.25) is 5.91 Å². The quantitative estimate of drug-likeness (QED) is 0.891. The van der Waals surface area contributed by atoms with Gasteiger partial charge in [0.1, 0.15) is 0 Å². The van der Waals surface area contributed by atoms with E-state index in [0.717, 1.165) is 11.1 Å². The highest BCUT2D eigenvalue weighted by Crippen LogP contribution is 2.06. The molecule has 0 aliphatic heterocycles. The minimum atomic E-state index is 0.0621. The first kappa shape index (κ1) is 13.3. The summed E-state index contributed by atoms with van der Waals surface area (Å²) in [5.74, 6) is 0.0621. The Hall–Kier alpha value is -2.09. The molecule has 2 rings (SSSR count). The van der Waals surface area contributed by atoms with Crippen LogP contribution in [0, 0.1) is 13.8 Å². The Morgan fingerprint density at radius 2 is 1.53 bits per heavy atom. The lowest BCUT2D eigenvalue weighted by Crippen LogP contribution is -2.24. The Balaban J connectivity index is 1.88. The number of hydrogen-bond donors (Lipinski definition) is 1. The van der Waals surface area contributed by atoms with Crippen molar-refractivity contribution < 1.29 is 4.79 Å². The van der Waals surface area contributed by atoms with Crippen molar-refractivity contribution in [2.24, 2.45) is 0 Å². The molecule has 1 N–H and O–H groups in total. The maximum Gasteiger partial charge on any atom is 0.224 e. The first-order valence-corrected chi connectivity index (χ1v) is 6.51. The number of rotatable bonds is 4. The number of aryl methyl sites for hydroxylation is 2. The minimum Gasteiger partial charge on any atom is -0.352 e. The van der Waals surface area contributed by atoms with E-state index < -0.39 is 0 Å². The maximum absolute atomic E-state index is 11.9. The SMILES string of the molecule is Cc1cccc(CNC(=O)Cc2cccc(C)c2)c1. The van der Waals surface area contributed by atoms with E-state index in [1.807, 2.05) is 43.3 Å². The molecule has 0 radical (unpaired) electrons. The molecule has 0 unspecified atom stereocenters. The normalized spacial score (nSPS) is 10.2. The minimum absolute atomic E-state index is 0.0621. The topological polar surface area (TPSA) is 29.1 Å². The molecule has 2 heteroatoms. The van der Waals surface area contributed by atoms with Gasteiger partial charge in [-0.25, -0.2) is 0 Å². The first-order chi connectivity index (χ1) is 9.13. The lowest BCUT2D eigenvalue weighted by Gasteiger charge is -2.06. The molecule has 0 aliphatic carbocycles. The second kappa shape index (κ2) is 6.19. The molecule has 0 spiro atoms. The highest BCUT2D eigenvalue weighted by Gasteiger charge is 2.03. The number of carbonyl (C=O) groups excluding carboxylic acids is 1. The highest BCUT2D eigenvalue weighted by molar-refractivity contribution is 5.78. The van der Waals surface area contributed by atoms with E-state index in [0.29, 0.717) is 13.0 Å². The van der Waals surface area contributed by atoms with Crippen LogP contribution >= 0.6 is 0 Å². The van der Waals surface area contributed by atoms with Gasteiger partial charge in [-0.3, -0.25) is 4.79 Å². The van der Waals surface area contributed by atoms with Gasteiger partial charge < -0.3 is 5.32 Å². The summed E-state index contributed by atoms with van der Waals surface area (Å²) in [5, 5.41) is 2.96. The molecule has 0 bridgehead atoms. The van der Waals surface area contributed by atoms with Crippen LogP contribution in [0.2, 0.25) is 0 Å². The van der Waals surface area contributed by atoms with Gasteiger partial charge in [-0.05, 0) is 25.0 Å². The Labute approximate surface area is 114 Å². The Morgan fingerprint density at radius 3 is 2.16 bits per heavy atom. The Kier molecular flexibility index (Phi) is 4.35. The fourth-order valence-electron chi connectivity index (χ4n) is 2.09. The van der Waals surface area contributed by atoms with Crippen molar-refractivity contribution >= 4 is 5.91 Å². The van der Waals surface area contributed by atoms with E-state index in [2.05, 4.69) is 24.4 Å². The van der Waals surface area contributed by atoms with Crippen LogP contribution in [0.5, 0.6) is 0 Å². The van der Waals surface area contributed by atoms with Gasteiger partial charge in [0.05, 0.1) is 6.42 Å². The molecule has 0 atom stereocenters. The zero-order valence-electron chi connectivity index (χ0n) is 11.4. The second-order valence-corrected chi connectivity index (χ2v) is 4.93. The zero-order chi connectivity index (χ0) is 13.7. The summed E-state index contributed by atoms with van der Waals surface area (Å²) >= 11 is 0. The van der Waals surface area contributed by atoms with E-state index in [9.17, 15) is 4.79 Å². The largest absolute Gasteiger partial charge is 0.352 e. The van der Waals surface area contributed by atoms with Crippen LogP contribution in [-0.2, 0) is 17.8 Å². The molecule has 2 aromatic carbocycles. The molecule has 19 heavy (non-hydrogen) atoms. The van der Waals surface area contributed by atoms with Crippen LogP contribution in [0.4, 0.5) is 0 Å². The van der Waals surface area contributed by atoms with Gasteiger partial charge in [-0.1, -0.05) is 59.7 Å². The van der Waals surface area contributed by atoms with Gasteiger partial charge in [-0.15, -0.1) is 0 Å². The third kappa shape index (κ3) is 4.25. The van der Waals surface area contributed by atoms with Crippen LogP contribution in [0.25, 0.3) is 0 Å². The fourth-order valence-corrected chi connectivity index (χ4v) is 2.09. The molecule has 2 aromatic rings. The van der Waals surface area contributed by atoms with Gasteiger partial charge in [-0.2, -0.15) is 0 Å². The second-order valence-electron chi connectivity index (χ2n) is 4.93. The number of amides is 1. The Bertz CT molecular complexity index is 575. The molecule has 0 saturated heterocycles. The van der Waals surface area contributed by atoms with Crippen molar-refractivity contribution in [3.63, 3.8) is 0 Å². The number of nitrogens with one attached hydrogen (secondary N) is 1. The first-order valence-electron chi connectivity index (χ1n) is 6.51. The lowest BCUT2D eigenvalue weighted by atomic mass is 10.1. The predicted molar refractivity (Wildman–Crippen MR) is 77.9 cm³/mol. The monoisotopic (exact) mass is 253 g/mol. The third-order valence-electron chi connectivity index (χ3n) is 3.02. The van der Waals surface area contributed by atoms with Gasteiger partial charge in [0.25, 0.3) is 0 Å². The van der Waals surface area contributed by atoms with E-state index in [4.69, 9.17) is 0 Å². The standard InChI is InChI=1S/C17H19NO/c1-13-5-3-7-15(9-13)11-17(19)18-12-16-8-4-6-14(2)10-16/h3-10H,11-12H2,1-2H3,(H,18,19). The van der Waals surface area contributed by atoms with Crippen LogP contribution in [-0.4, -0.2) is 5.91 Å². The molecule has 0 heterocycles. The highest BCUT2D eigenvalue weighted by atomic mass is 16.1. The number of carbonyl (C=O) groups is 1. The van der Waals surface area contributed by atoms with Crippen LogP contribution < -0.4 is 5.32 Å². The number of hydrogen-bond acceptors (Lipinski definition) is 1. The van der Waals surface area contributed by atoms with Crippen molar-refractivity contribution in [3.8, 4) is 0 Å². The van der Waals surface area contributed by atoms with Crippen LogP contribution in [0.15, 0.2) is 48.5 Å². The molecular formula is C17H19NO. The van der Waals surface area contributed by atoms with Gasteiger partial charge >= 0.3 is 0 Å². The molecule has 0 saturated carbocycles. The van der Waals surface area contributed by atoms with Crippen molar-refractivity contribution in [1.29, 1.82) is 0 Å². The predicted octanol–water partition coefficient (Wildman–Crippen LogP) is 3.16. The average molecular weight is 253 g/mol. The lowest BCUT2D eigenvalue weighted by molar-refractivity contribution is -0.120. The summed E-state index contributed by atoms with van der Waals surface area (Å²) in [5.41, 5.74) is 4.59. The smallest absolute Gasteiger partial charge is 0.224 e. The average Bonchev–Trinajstić information content (AvgIpc) is 2.36. The van der Waals surface area contributed by atoms with E-state index >= 15 is 0 Å². The summed E-state index contributed by atoms with van der Waals surface area (Å²) in [7, 11) is 0.